The summed E-state index contributed by atoms with van der Waals surface area (Å²) in [6, 6.07) is 7.59. The lowest BCUT2D eigenvalue weighted by molar-refractivity contribution is -0.143. The molecule has 5 nitrogen and oxygen atoms in total. The quantitative estimate of drug-likeness (QED) is 0.919. The molecule has 1 N–H and O–H groups in total. The van der Waals surface area contributed by atoms with Crippen LogP contribution in [0.2, 0.25) is 0 Å². The second kappa shape index (κ2) is 5.24. The molecular weight excluding hydrogens is 268 g/mol. The van der Waals surface area contributed by atoms with E-state index in [1.165, 1.54) is 0 Å². The molecule has 0 spiro atoms. The number of fused-ring (bicyclic) bond motifs is 1. The van der Waals surface area contributed by atoms with Crippen LogP contribution in [0, 0.1) is 5.92 Å². The Morgan fingerprint density at radius 3 is 2.86 bits per heavy atom. The number of piperidine rings is 1. The fraction of sp³-hybridized carbons (Fsp3) is 0.375. The Bertz CT molecular complexity index is 705. The molecule has 110 valence electrons. The average molecular weight is 286 g/mol. The van der Waals surface area contributed by atoms with E-state index in [1.54, 1.807) is 4.90 Å². The van der Waals surface area contributed by atoms with Crippen LogP contribution in [0.15, 0.2) is 30.5 Å². The van der Waals surface area contributed by atoms with Crippen molar-refractivity contribution in [2.24, 2.45) is 13.0 Å². The van der Waals surface area contributed by atoms with E-state index in [1.807, 2.05) is 42.1 Å². The largest absolute Gasteiger partial charge is 0.481 e. The zero-order valence-electron chi connectivity index (χ0n) is 12.0. The summed E-state index contributed by atoms with van der Waals surface area (Å²) in [6.07, 6.45) is 3.32. The third kappa shape index (κ3) is 2.39. The number of hydrogen-bond donors (Lipinski definition) is 1. The summed E-state index contributed by atoms with van der Waals surface area (Å²) in [4.78, 5) is 25.5. The standard InChI is InChI=1S/C16H18N2O3/c1-17-9-7-12-13(5-2-6-14(12)17)15(19)18-8-3-4-11(10-18)16(20)21/h2,5-7,9,11H,3-4,8,10H2,1H3,(H,20,21). The maximum absolute atomic E-state index is 12.7. The van der Waals surface area contributed by atoms with Crippen LogP contribution >= 0.6 is 0 Å². The SMILES string of the molecule is Cn1ccc2c(C(=O)N3CCCC(C(=O)O)C3)cccc21. The maximum Gasteiger partial charge on any atom is 0.308 e. The van der Waals surface area contributed by atoms with Crippen LogP contribution in [0.25, 0.3) is 10.9 Å². The van der Waals surface area contributed by atoms with E-state index in [9.17, 15) is 9.59 Å². The van der Waals surface area contributed by atoms with Gasteiger partial charge in [-0.15, -0.1) is 0 Å². The fourth-order valence-electron chi connectivity index (χ4n) is 3.02. The van der Waals surface area contributed by atoms with E-state index in [0.717, 1.165) is 17.3 Å². The number of carbonyl (C=O) groups excluding carboxylic acids is 1. The number of aliphatic carboxylic acids is 1. The highest BCUT2D eigenvalue weighted by molar-refractivity contribution is 6.06. The number of hydrogen-bond acceptors (Lipinski definition) is 2. The number of rotatable bonds is 2. The first kappa shape index (κ1) is 13.7. The highest BCUT2D eigenvalue weighted by Gasteiger charge is 2.29. The minimum absolute atomic E-state index is 0.0715. The molecule has 1 fully saturated rings. The zero-order chi connectivity index (χ0) is 15.0. The summed E-state index contributed by atoms with van der Waals surface area (Å²) >= 11 is 0. The van der Waals surface area contributed by atoms with Crippen molar-refractivity contribution in [3.8, 4) is 0 Å². The van der Waals surface area contributed by atoms with Crippen LogP contribution in [0.1, 0.15) is 23.2 Å². The van der Waals surface area contributed by atoms with Crippen molar-refractivity contribution >= 4 is 22.8 Å². The molecule has 2 heterocycles. The molecule has 0 saturated carbocycles. The molecule has 1 aromatic carbocycles. The highest BCUT2D eigenvalue weighted by Crippen LogP contribution is 2.24. The summed E-state index contributed by atoms with van der Waals surface area (Å²) in [5.74, 6) is -1.33. The number of aromatic nitrogens is 1. The summed E-state index contributed by atoms with van der Waals surface area (Å²) in [6.45, 7) is 0.934. The van der Waals surface area contributed by atoms with Gasteiger partial charge in [-0.3, -0.25) is 9.59 Å². The Hall–Kier alpha value is -2.30. The van der Waals surface area contributed by atoms with Gasteiger partial charge in [0.25, 0.3) is 5.91 Å². The Labute approximate surface area is 122 Å². The van der Waals surface area contributed by atoms with Crippen LogP contribution < -0.4 is 0 Å². The number of carbonyl (C=O) groups is 2. The number of amides is 1. The number of nitrogens with zero attached hydrogens (tertiary/aromatic N) is 2. The minimum atomic E-state index is -0.814. The number of carboxylic acids is 1. The first-order valence-corrected chi connectivity index (χ1v) is 7.14. The predicted octanol–water partition coefficient (Wildman–Crippen LogP) is 2.12. The first-order valence-electron chi connectivity index (χ1n) is 7.14. The van der Waals surface area contributed by atoms with Gasteiger partial charge in [-0.2, -0.15) is 0 Å². The van der Waals surface area contributed by atoms with Gasteiger partial charge in [-0.25, -0.2) is 0 Å². The summed E-state index contributed by atoms with van der Waals surface area (Å²) in [5, 5.41) is 10.1. The van der Waals surface area contributed by atoms with Crippen LogP contribution in [-0.4, -0.2) is 39.5 Å². The van der Waals surface area contributed by atoms with Crippen molar-refractivity contribution in [3.05, 3.63) is 36.0 Å². The molecule has 1 saturated heterocycles. The number of aryl methyl sites for hydroxylation is 1. The third-order valence-corrected chi connectivity index (χ3v) is 4.22. The smallest absolute Gasteiger partial charge is 0.308 e. The number of carboxylic acid groups (broad SMARTS) is 1. The number of benzene rings is 1. The number of likely N-dealkylation sites (tertiary alicyclic amines) is 1. The monoisotopic (exact) mass is 286 g/mol. The van der Waals surface area contributed by atoms with Gasteiger partial charge in [-0.05, 0) is 31.0 Å². The summed E-state index contributed by atoms with van der Waals surface area (Å²) in [5.41, 5.74) is 1.66. The molecule has 1 amide bonds. The van der Waals surface area contributed by atoms with Crippen molar-refractivity contribution in [2.45, 2.75) is 12.8 Å². The van der Waals surface area contributed by atoms with Gasteiger partial charge in [0, 0.05) is 42.8 Å². The minimum Gasteiger partial charge on any atom is -0.481 e. The molecule has 2 aromatic rings. The molecule has 1 atom stereocenters. The van der Waals surface area contributed by atoms with Gasteiger partial charge in [0.15, 0.2) is 0 Å². The van der Waals surface area contributed by atoms with Crippen LogP contribution in [-0.2, 0) is 11.8 Å². The molecule has 21 heavy (non-hydrogen) atoms. The molecule has 0 bridgehead atoms. The lowest BCUT2D eigenvalue weighted by atomic mass is 9.97. The second-order valence-electron chi connectivity index (χ2n) is 5.59. The van der Waals surface area contributed by atoms with Gasteiger partial charge in [-0.1, -0.05) is 6.07 Å². The molecule has 3 rings (SSSR count). The topological polar surface area (TPSA) is 62.5 Å². The normalized spacial score (nSPS) is 18.9. The van der Waals surface area contributed by atoms with Gasteiger partial charge >= 0.3 is 5.97 Å². The Kier molecular flexibility index (Phi) is 3.41. The predicted molar refractivity (Wildman–Crippen MR) is 79.2 cm³/mol. The Morgan fingerprint density at radius 1 is 1.29 bits per heavy atom. The molecule has 1 aliphatic rings. The van der Waals surface area contributed by atoms with Crippen LogP contribution in [0.3, 0.4) is 0 Å². The van der Waals surface area contributed by atoms with Crippen molar-refractivity contribution in [1.82, 2.24) is 9.47 Å². The first-order chi connectivity index (χ1) is 10.1. The third-order valence-electron chi connectivity index (χ3n) is 4.22. The van der Waals surface area contributed by atoms with E-state index in [0.29, 0.717) is 25.1 Å². The van der Waals surface area contributed by atoms with Gasteiger partial charge in [0.05, 0.1) is 5.92 Å². The molecule has 1 aliphatic heterocycles. The molecule has 0 radical (unpaired) electrons. The van der Waals surface area contributed by atoms with Crippen molar-refractivity contribution < 1.29 is 14.7 Å². The van der Waals surface area contributed by atoms with Crippen LogP contribution in [0.4, 0.5) is 0 Å². The Morgan fingerprint density at radius 2 is 2.10 bits per heavy atom. The lowest BCUT2D eigenvalue weighted by Gasteiger charge is -2.31. The second-order valence-corrected chi connectivity index (χ2v) is 5.59. The fourth-order valence-corrected chi connectivity index (χ4v) is 3.02. The van der Waals surface area contributed by atoms with E-state index in [-0.39, 0.29) is 5.91 Å². The molecule has 0 aliphatic carbocycles. The van der Waals surface area contributed by atoms with Crippen molar-refractivity contribution in [1.29, 1.82) is 0 Å². The van der Waals surface area contributed by atoms with E-state index < -0.39 is 11.9 Å². The summed E-state index contributed by atoms with van der Waals surface area (Å²) < 4.78 is 1.97. The highest BCUT2D eigenvalue weighted by atomic mass is 16.4. The van der Waals surface area contributed by atoms with Crippen LogP contribution in [0.5, 0.6) is 0 Å². The van der Waals surface area contributed by atoms with E-state index in [2.05, 4.69) is 0 Å². The molecule has 1 unspecified atom stereocenters. The average Bonchev–Trinajstić information content (AvgIpc) is 2.88. The van der Waals surface area contributed by atoms with Gasteiger partial charge < -0.3 is 14.6 Å². The van der Waals surface area contributed by atoms with E-state index >= 15 is 0 Å². The van der Waals surface area contributed by atoms with Crippen molar-refractivity contribution in [3.63, 3.8) is 0 Å². The van der Waals surface area contributed by atoms with Crippen molar-refractivity contribution in [2.75, 3.05) is 13.1 Å². The van der Waals surface area contributed by atoms with E-state index in [4.69, 9.17) is 5.11 Å². The summed E-state index contributed by atoms with van der Waals surface area (Å²) in [7, 11) is 1.94. The molecular formula is C16H18N2O3. The van der Waals surface area contributed by atoms with Gasteiger partial charge in [0.2, 0.25) is 0 Å². The zero-order valence-corrected chi connectivity index (χ0v) is 12.0. The Balaban J connectivity index is 1.92. The van der Waals surface area contributed by atoms with Gasteiger partial charge in [0.1, 0.15) is 0 Å². The maximum atomic E-state index is 12.7. The molecule has 1 aromatic heterocycles. The molecule has 5 heteroatoms. The lowest BCUT2D eigenvalue weighted by Crippen LogP contribution is -2.42.